The maximum atomic E-state index is 5.45. The molecule has 22 heavy (non-hydrogen) atoms. The van der Waals surface area contributed by atoms with Crippen LogP contribution in [0.2, 0.25) is 0 Å². The van der Waals surface area contributed by atoms with Crippen LogP contribution in [0.3, 0.4) is 0 Å². The molecule has 3 nitrogen and oxygen atoms in total. The summed E-state index contributed by atoms with van der Waals surface area (Å²) in [6.45, 7) is 7.68. The van der Waals surface area contributed by atoms with Gasteiger partial charge in [0.15, 0.2) is 11.5 Å². The SMILES string of the molecule is CC.CCC1CCC(N(C)Cc2ccc3c(c2)OCO3)CC1. The van der Waals surface area contributed by atoms with Crippen molar-refractivity contribution in [3.63, 3.8) is 0 Å². The van der Waals surface area contributed by atoms with Crippen molar-refractivity contribution >= 4 is 0 Å². The van der Waals surface area contributed by atoms with Crippen molar-refractivity contribution in [1.82, 2.24) is 4.90 Å². The zero-order chi connectivity index (χ0) is 15.9. The third-order valence-electron chi connectivity index (χ3n) is 4.89. The average molecular weight is 305 g/mol. The standard InChI is InChI=1S/C17H25NO2.C2H6/c1-3-13-4-7-15(8-5-13)18(2)11-14-6-9-16-17(10-14)20-12-19-16;1-2/h6,9-10,13,15H,3-5,7-8,11-12H2,1-2H3;1-2H3. The van der Waals surface area contributed by atoms with E-state index in [1.165, 1.54) is 37.7 Å². The van der Waals surface area contributed by atoms with Crippen molar-refractivity contribution in [2.75, 3.05) is 13.8 Å². The summed E-state index contributed by atoms with van der Waals surface area (Å²) in [5.41, 5.74) is 1.31. The number of nitrogens with zero attached hydrogens (tertiary/aromatic N) is 1. The highest BCUT2D eigenvalue weighted by Gasteiger charge is 2.23. The van der Waals surface area contributed by atoms with Crippen molar-refractivity contribution in [3.8, 4) is 11.5 Å². The second-order valence-corrected chi connectivity index (χ2v) is 6.19. The molecule has 1 aliphatic heterocycles. The zero-order valence-electron chi connectivity index (χ0n) is 14.6. The molecule has 1 aliphatic carbocycles. The van der Waals surface area contributed by atoms with Gasteiger partial charge >= 0.3 is 0 Å². The van der Waals surface area contributed by atoms with E-state index in [0.717, 1.165) is 30.0 Å². The molecule has 0 unspecified atom stereocenters. The van der Waals surface area contributed by atoms with Gasteiger partial charge in [0.1, 0.15) is 0 Å². The van der Waals surface area contributed by atoms with Gasteiger partial charge in [0.2, 0.25) is 6.79 Å². The Hall–Kier alpha value is -1.22. The van der Waals surface area contributed by atoms with E-state index in [0.29, 0.717) is 6.79 Å². The molecule has 0 atom stereocenters. The van der Waals surface area contributed by atoms with Gasteiger partial charge in [0.05, 0.1) is 0 Å². The fraction of sp³-hybridized carbons (Fsp3) is 0.684. The fourth-order valence-electron chi connectivity index (χ4n) is 3.45. The number of hydrogen-bond donors (Lipinski definition) is 0. The summed E-state index contributed by atoms with van der Waals surface area (Å²) in [5.74, 6) is 2.73. The number of rotatable bonds is 4. The lowest BCUT2D eigenvalue weighted by Gasteiger charge is -2.34. The summed E-state index contributed by atoms with van der Waals surface area (Å²) < 4.78 is 10.8. The fourth-order valence-corrected chi connectivity index (χ4v) is 3.45. The Kier molecular flexibility index (Phi) is 6.56. The predicted molar refractivity (Wildman–Crippen MR) is 91.4 cm³/mol. The van der Waals surface area contributed by atoms with Gasteiger partial charge in [-0.25, -0.2) is 0 Å². The van der Waals surface area contributed by atoms with Crippen molar-refractivity contribution in [2.45, 2.75) is 65.5 Å². The van der Waals surface area contributed by atoms with E-state index >= 15 is 0 Å². The van der Waals surface area contributed by atoms with Crippen LogP contribution in [0.25, 0.3) is 0 Å². The van der Waals surface area contributed by atoms with Crippen molar-refractivity contribution in [3.05, 3.63) is 23.8 Å². The summed E-state index contributed by atoms with van der Waals surface area (Å²) in [5, 5.41) is 0. The summed E-state index contributed by atoms with van der Waals surface area (Å²) >= 11 is 0. The molecule has 0 bridgehead atoms. The molecular weight excluding hydrogens is 274 g/mol. The Balaban J connectivity index is 0.000000847. The lowest BCUT2D eigenvalue weighted by Crippen LogP contribution is -2.34. The molecule has 124 valence electrons. The van der Waals surface area contributed by atoms with Gasteiger partial charge in [-0.1, -0.05) is 33.3 Å². The van der Waals surface area contributed by atoms with Crippen LogP contribution in [0, 0.1) is 5.92 Å². The van der Waals surface area contributed by atoms with Crippen LogP contribution in [0.1, 0.15) is 58.4 Å². The minimum Gasteiger partial charge on any atom is -0.454 e. The van der Waals surface area contributed by atoms with E-state index in [1.807, 2.05) is 19.9 Å². The predicted octanol–water partition coefficient (Wildman–Crippen LogP) is 4.84. The molecule has 3 rings (SSSR count). The average Bonchev–Trinajstić information content (AvgIpc) is 3.04. The Morgan fingerprint density at radius 2 is 1.73 bits per heavy atom. The van der Waals surface area contributed by atoms with Crippen molar-refractivity contribution < 1.29 is 9.47 Å². The molecule has 0 aromatic heterocycles. The third-order valence-corrected chi connectivity index (χ3v) is 4.89. The van der Waals surface area contributed by atoms with Gasteiger partial charge in [-0.15, -0.1) is 0 Å². The topological polar surface area (TPSA) is 21.7 Å². The summed E-state index contributed by atoms with van der Waals surface area (Å²) in [7, 11) is 2.25. The Labute approximate surface area is 135 Å². The molecule has 0 saturated heterocycles. The van der Waals surface area contributed by atoms with E-state index in [2.05, 4.69) is 31.0 Å². The third kappa shape index (κ3) is 4.16. The van der Waals surface area contributed by atoms with Crippen LogP contribution in [0.15, 0.2) is 18.2 Å². The molecular formula is C19H31NO2. The van der Waals surface area contributed by atoms with Crippen LogP contribution in [0.5, 0.6) is 11.5 Å². The van der Waals surface area contributed by atoms with E-state index in [-0.39, 0.29) is 0 Å². The number of ether oxygens (including phenoxy) is 2. The van der Waals surface area contributed by atoms with Crippen LogP contribution >= 0.6 is 0 Å². The van der Waals surface area contributed by atoms with Crippen LogP contribution in [0.4, 0.5) is 0 Å². The zero-order valence-corrected chi connectivity index (χ0v) is 14.6. The smallest absolute Gasteiger partial charge is 0.231 e. The van der Waals surface area contributed by atoms with Gasteiger partial charge in [0, 0.05) is 12.6 Å². The Bertz CT molecular complexity index is 453. The first-order valence-corrected chi connectivity index (χ1v) is 8.85. The summed E-state index contributed by atoms with van der Waals surface area (Å²) in [4.78, 5) is 2.50. The molecule has 1 fully saturated rings. The maximum Gasteiger partial charge on any atom is 0.231 e. The van der Waals surface area contributed by atoms with Gasteiger partial charge in [-0.2, -0.15) is 0 Å². The largest absolute Gasteiger partial charge is 0.454 e. The second kappa shape index (κ2) is 8.42. The van der Waals surface area contributed by atoms with Gasteiger partial charge in [0.25, 0.3) is 0 Å². The van der Waals surface area contributed by atoms with Gasteiger partial charge in [-0.05, 0) is 56.3 Å². The highest BCUT2D eigenvalue weighted by Crippen LogP contribution is 2.34. The molecule has 0 radical (unpaired) electrons. The molecule has 1 aromatic carbocycles. The van der Waals surface area contributed by atoms with Gasteiger partial charge in [-0.3, -0.25) is 4.90 Å². The number of fused-ring (bicyclic) bond motifs is 1. The molecule has 2 aliphatic rings. The van der Waals surface area contributed by atoms with Crippen molar-refractivity contribution in [2.24, 2.45) is 5.92 Å². The number of hydrogen-bond acceptors (Lipinski definition) is 3. The first kappa shape index (κ1) is 17.1. The van der Waals surface area contributed by atoms with Gasteiger partial charge < -0.3 is 9.47 Å². The summed E-state index contributed by atoms with van der Waals surface area (Å²) in [6.07, 6.45) is 6.83. The molecule has 1 heterocycles. The quantitative estimate of drug-likeness (QED) is 0.794. The van der Waals surface area contributed by atoms with E-state index in [4.69, 9.17) is 9.47 Å². The monoisotopic (exact) mass is 305 g/mol. The summed E-state index contributed by atoms with van der Waals surface area (Å²) in [6, 6.07) is 7.04. The van der Waals surface area contributed by atoms with Crippen LogP contribution in [-0.4, -0.2) is 24.8 Å². The molecule has 1 saturated carbocycles. The normalized spacial score (nSPS) is 23.1. The molecule has 0 N–H and O–H groups in total. The molecule has 0 amide bonds. The minimum absolute atomic E-state index is 0.357. The Morgan fingerprint density at radius 1 is 1.05 bits per heavy atom. The molecule has 0 spiro atoms. The number of benzene rings is 1. The van der Waals surface area contributed by atoms with E-state index in [9.17, 15) is 0 Å². The van der Waals surface area contributed by atoms with Crippen LogP contribution in [-0.2, 0) is 6.54 Å². The van der Waals surface area contributed by atoms with E-state index in [1.54, 1.807) is 0 Å². The highest BCUT2D eigenvalue weighted by molar-refractivity contribution is 5.44. The molecule has 1 aromatic rings. The lowest BCUT2D eigenvalue weighted by molar-refractivity contribution is 0.157. The Morgan fingerprint density at radius 3 is 2.41 bits per heavy atom. The second-order valence-electron chi connectivity index (χ2n) is 6.19. The minimum atomic E-state index is 0.357. The van der Waals surface area contributed by atoms with Crippen molar-refractivity contribution in [1.29, 1.82) is 0 Å². The highest BCUT2D eigenvalue weighted by atomic mass is 16.7. The first-order valence-electron chi connectivity index (χ1n) is 8.85. The molecule has 3 heteroatoms. The first-order chi connectivity index (χ1) is 10.8. The maximum absolute atomic E-state index is 5.45. The van der Waals surface area contributed by atoms with E-state index < -0.39 is 0 Å². The lowest BCUT2D eigenvalue weighted by atomic mass is 9.84. The van der Waals surface area contributed by atoms with Crippen LogP contribution < -0.4 is 9.47 Å².